The van der Waals surface area contributed by atoms with Crippen LogP contribution in [0.3, 0.4) is 0 Å². The number of urea groups is 1. The predicted molar refractivity (Wildman–Crippen MR) is 118 cm³/mol. The molecule has 10 nitrogen and oxygen atoms in total. The SMILES string of the molecule is COc1cc(N(C(=O)NOC(=O)NCc2ccccc2)C2CCOC2)ccc1-c1cnco1. The van der Waals surface area contributed by atoms with Gasteiger partial charge in [0.15, 0.2) is 12.2 Å². The number of oxazole rings is 1. The van der Waals surface area contributed by atoms with Crippen molar-refractivity contribution in [2.24, 2.45) is 0 Å². The number of anilines is 1. The van der Waals surface area contributed by atoms with E-state index in [4.69, 9.17) is 18.7 Å². The van der Waals surface area contributed by atoms with Crippen LogP contribution in [-0.2, 0) is 16.1 Å². The van der Waals surface area contributed by atoms with E-state index in [-0.39, 0.29) is 12.6 Å². The van der Waals surface area contributed by atoms with Gasteiger partial charge in [-0.2, -0.15) is 5.48 Å². The van der Waals surface area contributed by atoms with E-state index in [2.05, 4.69) is 15.8 Å². The summed E-state index contributed by atoms with van der Waals surface area (Å²) in [7, 11) is 1.53. The maximum absolute atomic E-state index is 13.0. The fraction of sp³-hybridized carbons (Fsp3) is 0.261. The molecule has 0 aliphatic carbocycles. The van der Waals surface area contributed by atoms with Gasteiger partial charge in [0.05, 0.1) is 31.5 Å². The summed E-state index contributed by atoms with van der Waals surface area (Å²) < 4.78 is 16.3. The summed E-state index contributed by atoms with van der Waals surface area (Å²) in [6, 6.07) is 13.8. The Bertz CT molecular complexity index is 1070. The molecule has 1 unspecified atom stereocenters. The van der Waals surface area contributed by atoms with Gasteiger partial charge in [0, 0.05) is 24.9 Å². The zero-order chi connectivity index (χ0) is 23.0. The molecule has 0 spiro atoms. The average molecular weight is 452 g/mol. The number of aromatic nitrogens is 1. The van der Waals surface area contributed by atoms with Gasteiger partial charge >= 0.3 is 12.1 Å². The standard InChI is InChI=1S/C23H24N4O6/c1-30-20-11-17(7-8-19(20)21-13-24-15-32-21)27(18-9-10-31-14-18)22(28)26-33-23(29)25-12-16-5-3-2-4-6-16/h2-8,11,13,15,18H,9-10,12,14H2,1H3,(H,25,29)(H,26,28). The molecule has 1 fully saturated rings. The number of amides is 3. The Morgan fingerprint density at radius 1 is 1.21 bits per heavy atom. The summed E-state index contributed by atoms with van der Waals surface area (Å²) >= 11 is 0. The van der Waals surface area contributed by atoms with E-state index in [0.29, 0.717) is 42.4 Å². The largest absolute Gasteiger partial charge is 0.496 e. The first-order valence-corrected chi connectivity index (χ1v) is 10.4. The highest BCUT2D eigenvalue weighted by Crippen LogP contribution is 2.34. The molecule has 0 radical (unpaired) electrons. The summed E-state index contributed by atoms with van der Waals surface area (Å²) in [5, 5.41) is 2.59. The molecular formula is C23H24N4O6. The van der Waals surface area contributed by atoms with Crippen LogP contribution in [0.2, 0.25) is 0 Å². The highest BCUT2D eigenvalue weighted by molar-refractivity contribution is 5.93. The number of hydrogen-bond acceptors (Lipinski definition) is 7. The van der Waals surface area contributed by atoms with Crippen LogP contribution >= 0.6 is 0 Å². The van der Waals surface area contributed by atoms with E-state index in [9.17, 15) is 9.59 Å². The molecule has 33 heavy (non-hydrogen) atoms. The minimum absolute atomic E-state index is 0.234. The lowest BCUT2D eigenvalue weighted by molar-refractivity contribution is 0.101. The van der Waals surface area contributed by atoms with Crippen molar-refractivity contribution >= 4 is 17.8 Å². The van der Waals surface area contributed by atoms with Crippen molar-refractivity contribution in [1.29, 1.82) is 0 Å². The second-order valence-corrected chi connectivity index (χ2v) is 7.27. The number of nitrogens with one attached hydrogen (secondary N) is 2. The molecular weight excluding hydrogens is 428 g/mol. The maximum Gasteiger partial charge on any atom is 0.431 e. The second-order valence-electron chi connectivity index (χ2n) is 7.27. The van der Waals surface area contributed by atoms with Crippen molar-refractivity contribution in [3.8, 4) is 17.1 Å². The molecule has 172 valence electrons. The Morgan fingerprint density at radius 3 is 2.76 bits per heavy atom. The summed E-state index contributed by atoms with van der Waals surface area (Å²) in [4.78, 5) is 35.4. The molecule has 4 rings (SSSR count). The van der Waals surface area contributed by atoms with Gasteiger partial charge in [-0.25, -0.2) is 14.6 Å². The maximum atomic E-state index is 13.0. The van der Waals surface area contributed by atoms with Crippen LogP contribution in [0, 0.1) is 0 Å². The number of ether oxygens (including phenoxy) is 2. The van der Waals surface area contributed by atoms with Crippen LogP contribution in [0.5, 0.6) is 5.75 Å². The third kappa shape index (κ3) is 5.42. The van der Waals surface area contributed by atoms with E-state index in [1.165, 1.54) is 18.4 Å². The molecule has 1 aliphatic heterocycles. The number of methoxy groups -OCH3 is 1. The van der Waals surface area contributed by atoms with Gasteiger partial charge in [-0.1, -0.05) is 30.3 Å². The van der Waals surface area contributed by atoms with E-state index < -0.39 is 12.1 Å². The second kappa shape index (κ2) is 10.5. The van der Waals surface area contributed by atoms with Gasteiger partial charge in [0.2, 0.25) is 0 Å². The molecule has 3 aromatic rings. The van der Waals surface area contributed by atoms with Gasteiger partial charge in [0.1, 0.15) is 5.75 Å². The Hall–Kier alpha value is -4.05. The van der Waals surface area contributed by atoms with E-state index in [1.807, 2.05) is 30.3 Å². The number of hydrogen-bond donors (Lipinski definition) is 2. The Balaban J connectivity index is 1.45. The quantitative estimate of drug-likeness (QED) is 0.550. The van der Waals surface area contributed by atoms with Gasteiger partial charge < -0.3 is 24.0 Å². The number of hydroxylamine groups is 1. The van der Waals surface area contributed by atoms with Crippen molar-refractivity contribution in [2.45, 2.75) is 19.0 Å². The van der Waals surface area contributed by atoms with Crippen LogP contribution < -0.4 is 20.4 Å². The molecule has 2 heterocycles. The van der Waals surface area contributed by atoms with Crippen molar-refractivity contribution in [1.82, 2.24) is 15.8 Å². The smallest absolute Gasteiger partial charge is 0.431 e. The van der Waals surface area contributed by atoms with E-state index >= 15 is 0 Å². The topological polar surface area (TPSA) is 115 Å². The average Bonchev–Trinajstić information content (AvgIpc) is 3.57. The highest BCUT2D eigenvalue weighted by Gasteiger charge is 2.30. The molecule has 1 atom stereocenters. The van der Waals surface area contributed by atoms with Crippen LogP contribution in [0.4, 0.5) is 15.3 Å². The van der Waals surface area contributed by atoms with Crippen LogP contribution in [-0.4, -0.2) is 43.5 Å². The first-order chi connectivity index (χ1) is 16.2. The molecule has 1 aliphatic rings. The van der Waals surface area contributed by atoms with Crippen LogP contribution in [0.1, 0.15) is 12.0 Å². The molecule has 3 amide bonds. The van der Waals surface area contributed by atoms with Crippen molar-refractivity contribution in [3.05, 3.63) is 66.7 Å². The molecule has 2 N–H and O–H groups in total. The Morgan fingerprint density at radius 2 is 2.06 bits per heavy atom. The fourth-order valence-corrected chi connectivity index (χ4v) is 3.55. The van der Waals surface area contributed by atoms with Gasteiger partial charge in [-0.05, 0) is 24.1 Å². The van der Waals surface area contributed by atoms with Gasteiger partial charge in [-0.3, -0.25) is 4.90 Å². The van der Waals surface area contributed by atoms with Crippen LogP contribution in [0.15, 0.2) is 65.5 Å². The van der Waals surface area contributed by atoms with E-state index in [1.54, 1.807) is 24.4 Å². The Labute approximate surface area is 190 Å². The highest BCUT2D eigenvalue weighted by atomic mass is 16.7. The Kier molecular flexibility index (Phi) is 7.06. The summed E-state index contributed by atoms with van der Waals surface area (Å²) in [6.07, 6.45) is 2.78. The lowest BCUT2D eigenvalue weighted by atomic mass is 10.1. The zero-order valence-corrected chi connectivity index (χ0v) is 18.0. The lowest BCUT2D eigenvalue weighted by Gasteiger charge is -2.28. The van der Waals surface area contributed by atoms with E-state index in [0.717, 1.165) is 5.56 Å². The minimum Gasteiger partial charge on any atom is -0.496 e. The summed E-state index contributed by atoms with van der Waals surface area (Å²) in [6.45, 7) is 1.16. The number of rotatable bonds is 6. The summed E-state index contributed by atoms with van der Waals surface area (Å²) in [5.41, 5.74) is 4.38. The normalized spacial score (nSPS) is 15.0. The molecule has 0 bridgehead atoms. The first kappa shape index (κ1) is 22.2. The van der Waals surface area contributed by atoms with Gasteiger partial charge in [-0.15, -0.1) is 0 Å². The number of carbonyl (C=O) groups is 2. The molecule has 2 aromatic carbocycles. The molecule has 0 saturated carbocycles. The predicted octanol–water partition coefficient (Wildman–Crippen LogP) is 3.50. The monoisotopic (exact) mass is 452 g/mol. The third-order valence-corrected chi connectivity index (χ3v) is 5.16. The van der Waals surface area contributed by atoms with Crippen molar-refractivity contribution in [2.75, 3.05) is 25.2 Å². The molecule has 1 saturated heterocycles. The minimum atomic E-state index is -0.770. The third-order valence-electron chi connectivity index (χ3n) is 5.16. The van der Waals surface area contributed by atoms with Crippen LogP contribution in [0.25, 0.3) is 11.3 Å². The van der Waals surface area contributed by atoms with Crippen molar-refractivity contribution in [3.63, 3.8) is 0 Å². The molecule has 10 heteroatoms. The van der Waals surface area contributed by atoms with Gasteiger partial charge in [0.25, 0.3) is 0 Å². The number of carbonyl (C=O) groups excluding carboxylic acids is 2. The van der Waals surface area contributed by atoms with Crippen molar-refractivity contribution < 1.29 is 28.3 Å². The summed E-state index contributed by atoms with van der Waals surface area (Å²) in [5.74, 6) is 1.04. The zero-order valence-electron chi connectivity index (χ0n) is 18.0. The number of nitrogens with zero attached hydrogens (tertiary/aromatic N) is 2. The lowest BCUT2D eigenvalue weighted by Crippen LogP contribution is -2.48. The molecule has 1 aromatic heterocycles. The fourth-order valence-electron chi connectivity index (χ4n) is 3.55. The first-order valence-electron chi connectivity index (χ1n) is 10.4. The number of benzene rings is 2.